The molecule has 2 aromatic rings. The average molecular weight is 281 g/mol. The summed E-state index contributed by atoms with van der Waals surface area (Å²) in [4.78, 5) is 6.99. The highest BCUT2D eigenvalue weighted by atomic mass is 15.2. The van der Waals surface area contributed by atoms with Crippen LogP contribution in [0.25, 0.3) is 0 Å². The summed E-state index contributed by atoms with van der Waals surface area (Å²) in [5.74, 6) is 1.09. The van der Waals surface area contributed by atoms with Crippen molar-refractivity contribution in [1.29, 1.82) is 0 Å². The summed E-state index contributed by atoms with van der Waals surface area (Å²) in [5, 5.41) is 3.29. The van der Waals surface area contributed by atoms with Crippen LogP contribution in [-0.4, -0.2) is 18.6 Å². The SMILES string of the molecule is CNC(C)c1ccnc(N2CCCc3ccccc3C2)c1. The number of nitrogens with zero attached hydrogens (tertiary/aromatic N) is 2. The average Bonchev–Trinajstić information content (AvgIpc) is 2.76. The minimum atomic E-state index is 0.353. The molecule has 1 aromatic carbocycles. The van der Waals surface area contributed by atoms with E-state index >= 15 is 0 Å². The van der Waals surface area contributed by atoms with Crippen molar-refractivity contribution in [3.8, 4) is 0 Å². The van der Waals surface area contributed by atoms with Gasteiger partial charge in [-0.15, -0.1) is 0 Å². The topological polar surface area (TPSA) is 28.2 Å². The molecule has 0 bridgehead atoms. The number of pyridine rings is 1. The van der Waals surface area contributed by atoms with Gasteiger partial charge >= 0.3 is 0 Å². The van der Waals surface area contributed by atoms with Crippen molar-refractivity contribution in [2.75, 3.05) is 18.5 Å². The molecule has 3 rings (SSSR count). The van der Waals surface area contributed by atoms with Crippen LogP contribution < -0.4 is 10.2 Å². The number of fused-ring (bicyclic) bond motifs is 1. The zero-order valence-electron chi connectivity index (χ0n) is 12.8. The van der Waals surface area contributed by atoms with E-state index in [-0.39, 0.29) is 0 Å². The fraction of sp³-hybridized carbons (Fsp3) is 0.389. The van der Waals surface area contributed by atoms with Crippen LogP contribution in [-0.2, 0) is 13.0 Å². The van der Waals surface area contributed by atoms with Gasteiger partial charge in [-0.3, -0.25) is 0 Å². The number of benzene rings is 1. The van der Waals surface area contributed by atoms with E-state index in [4.69, 9.17) is 0 Å². The van der Waals surface area contributed by atoms with Crippen LogP contribution in [0.1, 0.15) is 36.1 Å². The minimum Gasteiger partial charge on any atom is -0.352 e. The fourth-order valence-corrected chi connectivity index (χ4v) is 2.94. The molecule has 3 heteroatoms. The molecule has 0 amide bonds. The smallest absolute Gasteiger partial charge is 0.129 e. The summed E-state index contributed by atoms with van der Waals surface area (Å²) in [6, 6.07) is 13.4. The Morgan fingerprint density at radius 3 is 2.81 bits per heavy atom. The summed E-state index contributed by atoms with van der Waals surface area (Å²) in [7, 11) is 1.99. The predicted octanol–water partition coefficient (Wildman–Crippen LogP) is 3.31. The first-order valence-corrected chi connectivity index (χ1v) is 7.73. The van der Waals surface area contributed by atoms with Crippen LogP contribution >= 0.6 is 0 Å². The summed E-state index contributed by atoms with van der Waals surface area (Å²) in [6.07, 6.45) is 4.28. The van der Waals surface area contributed by atoms with Gasteiger partial charge < -0.3 is 10.2 Å². The van der Waals surface area contributed by atoms with Gasteiger partial charge in [0.2, 0.25) is 0 Å². The molecule has 1 aliphatic heterocycles. The van der Waals surface area contributed by atoms with Gasteiger partial charge in [0.1, 0.15) is 5.82 Å². The Hall–Kier alpha value is -1.87. The fourth-order valence-electron chi connectivity index (χ4n) is 2.94. The molecule has 1 atom stereocenters. The lowest BCUT2D eigenvalue weighted by molar-refractivity contribution is 0.650. The molecule has 110 valence electrons. The first kappa shape index (κ1) is 14.1. The van der Waals surface area contributed by atoms with Crippen LogP contribution in [0.4, 0.5) is 5.82 Å². The van der Waals surface area contributed by atoms with Crippen molar-refractivity contribution < 1.29 is 0 Å². The zero-order chi connectivity index (χ0) is 14.7. The Kier molecular flexibility index (Phi) is 4.20. The highest BCUT2D eigenvalue weighted by Gasteiger charge is 2.16. The Labute approximate surface area is 127 Å². The number of hydrogen-bond donors (Lipinski definition) is 1. The van der Waals surface area contributed by atoms with Crippen LogP contribution in [0.15, 0.2) is 42.6 Å². The largest absolute Gasteiger partial charge is 0.352 e. The lowest BCUT2D eigenvalue weighted by Crippen LogP contribution is -2.24. The minimum absolute atomic E-state index is 0.353. The molecule has 0 spiro atoms. The van der Waals surface area contributed by atoms with Crippen LogP contribution in [0.2, 0.25) is 0 Å². The number of hydrogen-bond acceptors (Lipinski definition) is 3. The Morgan fingerprint density at radius 2 is 2.00 bits per heavy atom. The second-order valence-electron chi connectivity index (χ2n) is 5.75. The van der Waals surface area contributed by atoms with E-state index in [1.807, 2.05) is 13.2 Å². The third-order valence-electron chi connectivity index (χ3n) is 4.38. The summed E-state index contributed by atoms with van der Waals surface area (Å²) >= 11 is 0. The van der Waals surface area contributed by atoms with E-state index in [0.717, 1.165) is 18.9 Å². The van der Waals surface area contributed by atoms with Gasteiger partial charge in [0, 0.05) is 25.3 Å². The maximum Gasteiger partial charge on any atom is 0.129 e. The first-order chi connectivity index (χ1) is 10.3. The van der Waals surface area contributed by atoms with E-state index in [1.165, 1.54) is 29.5 Å². The van der Waals surface area contributed by atoms with Gasteiger partial charge in [0.05, 0.1) is 0 Å². The van der Waals surface area contributed by atoms with E-state index in [1.54, 1.807) is 0 Å². The van der Waals surface area contributed by atoms with E-state index in [2.05, 4.69) is 58.5 Å². The van der Waals surface area contributed by atoms with Crippen LogP contribution in [0.3, 0.4) is 0 Å². The maximum atomic E-state index is 4.59. The molecular weight excluding hydrogens is 258 g/mol. The second kappa shape index (κ2) is 6.27. The normalized spacial score (nSPS) is 16.2. The standard InChI is InChI=1S/C18H23N3/c1-14(19-2)16-9-10-20-18(12-16)21-11-5-8-15-6-3-4-7-17(15)13-21/h3-4,6-7,9-10,12,14,19H,5,8,11,13H2,1-2H3. The molecule has 0 saturated carbocycles. The number of nitrogens with one attached hydrogen (secondary N) is 1. The number of aryl methyl sites for hydroxylation is 1. The van der Waals surface area contributed by atoms with Crippen molar-refractivity contribution in [2.24, 2.45) is 0 Å². The number of aromatic nitrogens is 1. The van der Waals surface area contributed by atoms with Crippen LogP contribution in [0, 0.1) is 0 Å². The lowest BCUT2D eigenvalue weighted by Gasteiger charge is -2.23. The van der Waals surface area contributed by atoms with Gasteiger partial charge in [0.15, 0.2) is 0 Å². The molecule has 1 N–H and O–H groups in total. The van der Waals surface area contributed by atoms with Gasteiger partial charge in [-0.2, -0.15) is 0 Å². The van der Waals surface area contributed by atoms with Crippen molar-refractivity contribution in [1.82, 2.24) is 10.3 Å². The van der Waals surface area contributed by atoms with Gasteiger partial charge in [-0.25, -0.2) is 4.98 Å². The number of rotatable bonds is 3. The van der Waals surface area contributed by atoms with E-state index in [9.17, 15) is 0 Å². The molecule has 3 nitrogen and oxygen atoms in total. The van der Waals surface area contributed by atoms with Crippen molar-refractivity contribution in [3.63, 3.8) is 0 Å². The molecule has 21 heavy (non-hydrogen) atoms. The summed E-state index contributed by atoms with van der Waals surface area (Å²) in [6.45, 7) is 4.20. The highest BCUT2D eigenvalue weighted by Crippen LogP contribution is 2.24. The van der Waals surface area contributed by atoms with Crippen molar-refractivity contribution in [3.05, 3.63) is 59.3 Å². The second-order valence-corrected chi connectivity index (χ2v) is 5.75. The van der Waals surface area contributed by atoms with Crippen molar-refractivity contribution >= 4 is 5.82 Å². The molecule has 0 saturated heterocycles. The molecule has 1 unspecified atom stereocenters. The Bertz CT molecular complexity index is 609. The first-order valence-electron chi connectivity index (χ1n) is 7.73. The predicted molar refractivity (Wildman–Crippen MR) is 87.5 cm³/mol. The molecule has 0 radical (unpaired) electrons. The third kappa shape index (κ3) is 3.08. The van der Waals surface area contributed by atoms with Crippen LogP contribution in [0.5, 0.6) is 0 Å². The monoisotopic (exact) mass is 281 g/mol. The van der Waals surface area contributed by atoms with Gasteiger partial charge in [-0.1, -0.05) is 24.3 Å². The maximum absolute atomic E-state index is 4.59. The van der Waals surface area contributed by atoms with E-state index in [0.29, 0.717) is 6.04 Å². The summed E-state index contributed by atoms with van der Waals surface area (Å²) < 4.78 is 0. The highest BCUT2D eigenvalue weighted by molar-refractivity contribution is 5.44. The van der Waals surface area contributed by atoms with Gasteiger partial charge in [-0.05, 0) is 55.6 Å². The Balaban J connectivity index is 1.87. The van der Waals surface area contributed by atoms with E-state index < -0.39 is 0 Å². The molecular formula is C18H23N3. The molecule has 2 heterocycles. The van der Waals surface area contributed by atoms with Gasteiger partial charge in [0.25, 0.3) is 0 Å². The third-order valence-corrected chi connectivity index (χ3v) is 4.38. The molecule has 0 fully saturated rings. The van der Waals surface area contributed by atoms with Crippen molar-refractivity contribution in [2.45, 2.75) is 32.4 Å². The molecule has 0 aliphatic carbocycles. The number of anilines is 1. The Morgan fingerprint density at radius 1 is 1.19 bits per heavy atom. The molecule has 1 aliphatic rings. The lowest BCUT2D eigenvalue weighted by atomic mass is 10.0. The summed E-state index contributed by atoms with van der Waals surface area (Å²) in [5.41, 5.74) is 4.21. The molecule has 1 aromatic heterocycles. The zero-order valence-corrected chi connectivity index (χ0v) is 12.8. The quantitative estimate of drug-likeness (QED) is 0.935.